The number of carbonyl (C=O) groups is 2. The molecule has 7 heteroatoms. The van der Waals surface area contributed by atoms with Crippen molar-refractivity contribution in [3.05, 3.63) is 28.2 Å². The number of likely N-dealkylation sites (N-methyl/N-ethyl adjacent to an activating group) is 1. The predicted molar refractivity (Wildman–Crippen MR) is 74.4 cm³/mol. The van der Waals surface area contributed by atoms with Crippen molar-refractivity contribution in [2.45, 2.75) is 13.0 Å². The van der Waals surface area contributed by atoms with Crippen molar-refractivity contribution in [2.75, 3.05) is 19.0 Å². The van der Waals surface area contributed by atoms with Crippen molar-refractivity contribution in [3.63, 3.8) is 0 Å². The molecule has 0 bridgehead atoms. The van der Waals surface area contributed by atoms with Crippen LogP contribution in [0.3, 0.4) is 0 Å². The van der Waals surface area contributed by atoms with Crippen molar-refractivity contribution in [2.24, 2.45) is 0 Å². The molecule has 0 saturated carbocycles. The van der Waals surface area contributed by atoms with E-state index in [0.29, 0.717) is 10.2 Å². The van der Waals surface area contributed by atoms with E-state index in [0.717, 1.165) is 0 Å². The number of aromatic carboxylic acids is 1. The average Bonchev–Trinajstić information content (AvgIpc) is 2.38. The third-order valence-corrected chi connectivity index (χ3v) is 3.36. The molecule has 1 unspecified atom stereocenters. The molecule has 104 valence electrons. The summed E-state index contributed by atoms with van der Waals surface area (Å²) >= 11 is 3.20. The molecule has 0 saturated heterocycles. The zero-order valence-electron chi connectivity index (χ0n) is 10.6. The Hall–Kier alpha value is -1.60. The lowest BCUT2D eigenvalue weighted by molar-refractivity contribution is 0.0697. The first-order valence-corrected chi connectivity index (χ1v) is 6.33. The van der Waals surface area contributed by atoms with Gasteiger partial charge in [-0.25, -0.2) is 9.59 Å². The lowest BCUT2D eigenvalue weighted by atomic mass is 10.2. The average molecular weight is 331 g/mol. The molecule has 1 aromatic carbocycles. The Bertz CT molecular complexity index is 493. The number of aliphatic hydroxyl groups excluding tert-OH is 1. The number of halogens is 1. The fourth-order valence-corrected chi connectivity index (χ4v) is 1.75. The van der Waals surface area contributed by atoms with Crippen LogP contribution in [0.5, 0.6) is 0 Å². The summed E-state index contributed by atoms with van der Waals surface area (Å²) in [5.41, 5.74) is 0.592. The standard InChI is InChI=1S/C12H15BrN2O4/c1-7(6-16)15(2)12(19)14-10-4-3-8(11(17)18)5-9(10)13/h3-5,7,16H,6H2,1-2H3,(H,14,19)(H,17,18). The molecule has 3 N–H and O–H groups in total. The maximum atomic E-state index is 11.9. The van der Waals surface area contributed by atoms with Gasteiger partial charge >= 0.3 is 12.0 Å². The molecule has 0 spiro atoms. The molecule has 0 aromatic heterocycles. The van der Waals surface area contributed by atoms with E-state index in [1.807, 2.05) is 0 Å². The van der Waals surface area contributed by atoms with Gasteiger partial charge in [0.2, 0.25) is 0 Å². The van der Waals surface area contributed by atoms with Gasteiger partial charge in [-0.05, 0) is 41.1 Å². The van der Waals surface area contributed by atoms with Gasteiger partial charge in [-0.15, -0.1) is 0 Å². The van der Waals surface area contributed by atoms with Crippen molar-refractivity contribution < 1.29 is 19.8 Å². The molecule has 2 amide bonds. The van der Waals surface area contributed by atoms with E-state index < -0.39 is 5.97 Å². The van der Waals surface area contributed by atoms with E-state index in [1.54, 1.807) is 14.0 Å². The van der Waals surface area contributed by atoms with E-state index in [4.69, 9.17) is 10.2 Å². The van der Waals surface area contributed by atoms with E-state index in [1.165, 1.54) is 23.1 Å². The molecule has 0 fully saturated rings. The number of carbonyl (C=O) groups excluding carboxylic acids is 1. The maximum absolute atomic E-state index is 11.9. The number of carboxylic acids is 1. The maximum Gasteiger partial charge on any atom is 0.335 e. The summed E-state index contributed by atoms with van der Waals surface area (Å²) in [4.78, 5) is 24.0. The second-order valence-corrected chi connectivity index (χ2v) is 4.93. The molecule has 0 radical (unpaired) electrons. The zero-order valence-corrected chi connectivity index (χ0v) is 12.1. The fourth-order valence-electron chi connectivity index (χ4n) is 1.28. The van der Waals surface area contributed by atoms with Gasteiger partial charge in [0.1, 0.15) is 0 Å². The highest BCUT2D eigenvalue weighted by atomic mass is 79.9. The fraction of sp³-hybridized carbons (Fsp3) is 0.333. The number of nitrogens with one attached hydrogen (secondary N) is 1. The molecule has 0 aliphatic rings. The van der Waals surface area contributed by atoms with Crippen LogP contribution in [0.4, 0.5) is 10.5 Å². The Morgan fingerprint density at radius 2 is 2.11 bits per heavy atom. The number of carboxylic acid groups (broad SMARTS) is 1. The highest BCUT2D eigenvalue weighted by molar-refractivity contribution is 9.10. The second kappa shape index (κ2) is 6.53. The van der Waals surface area contributed by atoms with Crippen molar-refractivity contribution in [1.29, 1.82) is 0 Å². The number of aliphatic hydroxyl groups is 1. The lowest BCUT2D eigenvalue weighted by Crippen LogP contribution is -2.40. The topological polar surface area (TPSA) is 89.9 Å². The summed E-state index contributed by atoms with van der Waals surface area (Å²) in [6.45, 7) is 1.57. The Balaban J connectivity index is 2.83. The minimum atomic E-state index is -1.04. The summed E-state index contributed by atoms with van der Waals surface area (Å²) in [6.07, 6.45) is 0. The zero-order chi connectivity index (χ0) is 14.6. The van der Waals surface area contributed by atoms with Crippen molar-refractivity contribution >= 4 is 33.6 Å². The third-order valence-electron chi connectivity index (χ3n) is 2.70. The number of hydrogen-bond donors (Lipinski definition) is 3. The summed E-state index contributed by atoms with van der Waals surface area (Å²) < 4.78 is 0.478. The number of amides is 2. The first-order valence-electron chi connectivity index (χ1n) is 5.54. The first-order chi connectivity index (χ1) is 8.86. The quantitative estimate of drug-likeness (QED) is 0.787. The summed E-state index contributed by atoms with van der Waals surface area (Å²) in [5, 5.41) is 20.4. The van der Waals surface area contributed by atoms with E-state index in [2.05, 4.69) is 21.2 Å². The van der Waals surface area contributed by atoms with Gasteiger partial charge in [-0.3, -0.25) is 0 Å². The summed E-state index contributed by atoms with van der Waals surface area (Å²) in [6, 6.07) is 3.62. The van der Waals surface area contributed by atoms with Crippen LogP contribution in [0.2, 0.25) is 0 Å². The van der Waals surface area contributed by atoms with E-state index >= 15 is 0 Å². The van der Waals surface area contributed by atoms with E-state index in [-0.39, 0.29) is 24.2 Å². The number of hydrogen-bond acceptors (Lipinski definition) is 3. The number of anilines is 1. The van der Waals surface area contributed by atoms with Crippen LogP contribution in [-0.2, 0) is 0 Å². The Morgan fingerprint density at radius 3 is 2.58 bits per heavy atom. The van der Waals surface area contributed by atoms with Crippen LogP contribution in [-0.4, -0.2) is 46.8 Å². The normalized spacial score (nSPS) is 11.8. The second-order valence-electron chi connectivity index (χ2n) is 4.07. The minimum Gasteiger partial charge on any atom is -0.478 e. The number of benzene rings is 1. The van der Waals surface area contributed by atoms with Crippen LogP contribution in [0, 0.1) is 0 Å². The van der Waals surface area contributed by atoms with Gasteiger partial charge in [0.15, 0.2) is 0 Å². The number of rotatable bonds is 4. The van der Waals surface area contributed by atoms with Crippen LogP contribution in [0.1, 0.15) is 17.3 Å². The lowest BCUT2D eigenvalue weighted by Gasteiger charge is -2.23. The molecule has 1 rings (SSSR count). The largest absolute Gasteiger partial charge is 0.478 e. The van der Waals surface area contributed by atoms with Crippen LogP contribution in [0.15, 0.2) is 22.7 Å². The molecular formula is C12H15BrN2O4. The molecular weight excluding hydrogens is 316 g/mol. The molecule has 0 heterocycles. The van der Waals surface area contributed by atoms with E-state index in [9.17, 15) is 9.59 Å². The van der Waals surface area contributed by atoms with Crippen LogP contribution >= 0.6 is 15.9 Å². The molecule has 0 aliphatic heterocycles. The van der Waals surface area contributed by atoms with Crippen molar-refractivity contribution in [1.82, 2.24) is 4.90 Å². The third kappa shape index (κ3) is 3.93. The van der Waals surface area contributed by atoms with Gasteiger partial charge in [0.25, 0.3) is 0 Å². The molecule has 19 heavy (non-hydrogen) atoms. The molecule has 0 aliphatic carbocycles. The monoisotopic (exact) mass is 330 g/mol. The first kappa shape index (κ1) is 15.5. The summed E-state index contributed by atoms with van der Waals surface area (Å²) in [5.74, 6) is -1.04. The summed E-state index contributed by atoms with van der Waals surface area (Å²) in [7, 11) is 1.57. The van der Waals surface area contributed by atoms with Crippen LogP contribution in [0.25, 0.3) is 0 Å². The van der Waals surface area contributed by atoms with Gasteiger partial charge in [0.05, 0.1) is 23.9 Å². The van der Waals surface area contributed by atoms with Crippen molar-refractivity contribution in [3.8, 4) is 0 Å². The van der Waals surface area contributed by atoms with Gasteiger partial charge < -0.3 is 20.4 Å². The highest BCUT2D eigenvalue weighted by Crippen LogP contribution is 2.24. The Morgan fingerprint density at radius 1 is 1.47 bits per heavy atom. The van der Waals surface area contributed by atoms with Gasteiger partial charge in [-0.1, -0.05) is 0 Å². The smallest absolute Gasteiger partial charge is 0.335 e. The SMILES string of the molecule is CC(CO)N(C)C(=O)Nc1ccc(C(=O)O)cc1Br. The molecule has 6 nitrogen and oxygen atoms in total. The van der Waals surface area contributed by atoms with Gasteiger partial charge in [-0.2, -0.15) is 0 Å². The predicted octanol–water partition coefficient (Wildman–Crippen LogP) is 1.99. The Kier molecular flexibility index (Phi) is 5.31. The number of nitrogens with zero attached hydrogens (tertiary/aromatic N) is 1. The minimum absolute atomic E-state index is 0.127. The molecule has 1 aromatic rings. The number of urea groups is 1. The van der Waals surface area contributed by atoms with Gasteiger partial charge in [0, 0.05) is 11.5 Å². The Labute approximate surface area is 119 Å². The molecule has 1 atom stereocenters. The van der Waals surface area contributed by atoms with Crippen LogP contribution < -0.4 is 5.32 Å². The highest BCUT2D eigenvalue weighted by Gasteiger charge is 2.16.